The standard InChI is InChI=1S/C12H16F2N4/c13-12(14)5-1-2-8(6-12)10-16-9(7-3-4-7)17-11(15)18-10/h7-8H,1-6H2,(H2,15,16,17,18). The third-order valence-electron chi connectivity index (χ3n) is 3.64. The molecule has 4 nitrogen and oxygen atoms in total. The molecule has 2 N–H and O–H groups in total. The van der Waals surface area contributed by atoms with E-state index in [4.69, 9.17) is 5.73 Å². The topological polar surface area (TPSA) is 64.7 Å². The number of hydrogen-bond acceptors (Lipinski definition) is 4. The fourth-order valence-electron chi connectivity index (χ4n) is 2.53. The van der Waals surface area contributed by atoms with Crippen LogP contribution in [0.5, 0.6) is 0 Å². The maximum absolute atomic E-state index is 13.4. The third kappa shape index (κ3) is 2.42. The number of rotatable bonds is 2. The molecule has 6 heteroatoms. The van der Waals surface area contributed by atoms with Crippen LogP contribution in [0, 0.1) is 0 Å². The number of alkyl halides is 2. The molecule has 1 heterocycles. The zero-order valence-corrected chi connectivity index (χ0v) is 10.1. The van der Waals surface area contributed by atoms with Gasteiger partial charge in [0.2, 0.25) is 11.9 Å². The smallest absolute Gasteiger partial charge is 0.248 e. The average Bonchev–Trinajstić information content (AvgIpc) is 3.10. The summed E-state index contributed by atoms with van der Waals surface area (Å²) in [6, 6.07) is 0. The fraction of sp³-hybridized carbons (Fsp3) is 0.750. The van der Waals surface area contributed by atoms with E-state index in [1.807, 2.05) is 0 Å². The molecule has 0 spiro atoms. The summed E-state index contributed by atoms with van der Waals surface area (Å²) in [5.74, 6) is -1.20. The molecular formula is C12H16F2N4. The molecule has 0 saturated heterocycles. The van der Waals surface area contributed by atoms with Crippen molar-refractivity contribution in [2.45, 2.75) is 56.3 Å². The quantitative estimate of drug-likeness (QED) is 0.881. The highest BCUT2D eigenvalue weighted by atomic mass is 19.3. The van der Waals surface area contributed by atoms with Gasteiger partial charge in [-0.1, -0.05) is 0 Å². The van der Waals surface area contributed by atoms with Crippen LogP contribution < -0.4 is 5.73 Å². The van der Waals surface area contributed by atoms with Crippen molar-refractivity contribution in [2.24, 2.45) is 0 Å². The highest BCUT2D eigenvalue weighted by Gasteiger charge is 2.38. The van der Waals surface area contributed by atoms with Crippen molar-refractivity contribution >= 4 is 5.95 Å². The predicted octanol–water partition coefficient (Wildman–Crippen LogP) is 2.62. The zero-order valence-electron chi connectivity index (χ0n) is 10.1. The molecule has 0 amide bonds. The van der Waals surface area contributed by atoms with Crippen LogP contribution in [0.15, 0.2) is 0 Å². The maximum Gasteiger partial charge on any atom is 0.248 e. The van der Waals surface area contributed by atoms with E-state index in [2.05, 4.69) is 15.0 Å². The van der Waals surface area contributed by atoms with Crippen LogP contribution in [0.2, 0.25) is 0 Å². The fourth-order valence-corrected chi connectivity index (χ4v) is 2.53. The molecule has 0 bridgehead atoms. The Bertz CT molecular complexity index is 459. The number of nitrogens with zero attached hydrogens (tertiary/aromatic N) is 3. The van der Waals surface area contributed by atoms with Gasteiger partial charge in [-0.3, -0.25) is 0 Å². The van der Waals surface area contributed by atoms with E-state index < -0.39 is 5.92 Å². The molecule has 2 aliphatic carbocycles. The first-order valence-electron chi connectivity index (χ1n) is 6.43. The minimum atomic E-state index is -2.59. The summed E-state index contributed by atoms with van der Waals surface area (Å²) in [6.45, 7) is 0. The maximum atomic E-state index is 13.4. The molecule has 0 aliphatic heterocycles. The summed E-state index contributed by atoms with van der Waals surface area (Å²) >= 11 is 0. The lowest BCUT2D eigenvalue weighted by Crippen LogP contribution is -2.26. The van der Waals surface area contributed by atoms with Crippen molar-refractivity contribution in [3.63, 3.8) is 0 Å². The molecule has 2 saturated carbocycles. The number of halogens is 2. The largest absolute Gasteiger partial charge is 0.368 e. The Morgan fingerprint density at radius 1 is 1.00 bits per heavy atom. The van der Waals surface area contributed by atoms with E-state index in [1.165, 1.54) is 0 Å². The van der Waals surface area contributed by atoms with Crippen LogP contribution in [0.3, 0.4) is 0 Å². The Balaban J connectivity index is 1.86. The third-order valence-corrected chi connectivity index (χ3v) is 3.64. The SMILES string of the molecule is Nc1nc(C2CC2)nc(C2CCCC(F)(F)C2)n1. The molecule has 2 fully saturated rings. The minimum absolute atomic E-state index is 0.0282. The molecule has 2 aliphatic rings. The highest BCUT2D eigenvalue weighted by molar-refractivity contribution is 5.21. The van der Waals surface area contributed by atoms with Crippen molar-refractivity contribution in [1.82, 2.24) is 15.0 Å². The number of nitrogens with two attached hydrogens (primary N) is 1. The van der Waals surface area contributed by atoms with Crippen molar-refractivity contribution in [2.75, 3.05) is 5.73 Å². The van der Waals surface area contributed by atoms with Gasteiger partial charge in [0.1, 0.15) is 11.6 Å². The van der Waals surface area contributed by atoms with Crippen LogP contribution in [0.25, 0.3) is 0 Å². The van der Waals surface area contributed by atoms with E-state index in [0.29, 0.717) is 30.4 Å². The molecule has 1 unspecified atom stereocenters. The van der Waals surface area contributed by atoms with Crippen molar-refractivity contribution < 1.29 is 8.78 Å². The van der Waals surface area contributed by atoms with Gasteiger partial charge < -0.3 is 5.73 Å². The predicted molar refractivity (Wildman–Crippen MR) is 62.4 cm³/mol. The summed E-state index contributed by atoms with van der Waals surface area (Å²) in [5.41, 5.74) is 5.65. The summed E-state index contributed by atoms with van der Waals surface area (Å²) in [7, 11) is 0. The summed E-state index contributed by atoms with van der Waals surface area (Å²) in [6.07, 6.45) is 3.15. The molecule has 18 heavy (non-hydrogen) atoms. The van der Waals surface area contributed by atoms with Crippen molar-refractivity contribution in [3.05, 3.63) is 11.6 Å². The van der Waals surface area contributed by atoms with Gasteiger partial charge in [0.05, 0.1) is 0 Å². The second-order valence-corrected chi connectivity index (χ2v) is 5.33. The second kappa shape index (κ2) is 4.10. The molecule has 0 radical (unpaired) electrons. The van der Waals surface area contributed by atoms with Gasteiger partial charge in [-0.25, -0.2) is 13.8 Å². The summed E-state index contributed by atoms with van der Waals surface area (Å²) in [5, 5.41) is 0. The van der Waals surface area contributed by atoms with Crippen LogP contribution in [-0.2, 0) is 0 Å². The van der Waals surface area contributed by atoms with Gasteiger partial charge in [0.15, 0.2) is 0 Å². The normalized spacial score (nSPS) is 27.1. The first-order valence-corrected chi connectivity index (χ1v) is 6.43. The Labute approximate surface area is 104 Å². The van der Waals surface area contributed by atoms with E-state index in [9.17, 15) is 8.78 Å². The molecule has 0 aromatic carbocycles. The van der Waals surface area contributed by atoms with Gasteiger partial charge in [0, 0.05) is 24.7 Å². The molecule has 1 aromatic rings. The lowest BCUT2D eigenvalue weighted by atomic mass is 9.86. The summed E-state index contributed by atoms with van der Waals surface area (Å²) < 4.78 is 26.8. The van der Waals surface area contributed by atoms with Gasteiger partial charge in [-0.15, -0.1) is 0 Å². The van der Waals surface area contributed by atoms with Gasteiger partial charge in [0.25, 0.3) is 0 Å². The molecule has 1 atom stereocenters. The van der Waals surface area contributed by atoms with Crippen molar-refractivity contribution in [1.29, 1.82) is 0 Å². The number of aromatic nitrogens is 3. The molecule has 3 rings (SSSR count). The van der Waals surface area contributed by atoms with E-state index in [0.717, 1.165) is 12.8 Å². The van der Waals surface area contributed by atoms with E-state index in [-0.39, 0.29) is 24.7 Å². The van der Waals surface area contributed by atoms with Crippen molar-refractivity contribution in [3.8, 4) is 0 Å². The second-order valence-electron chi connectivity index (χ2n) is 5.33. The van der Waals surface area contributed by atoms with Gasteiger partial charge in [-0.2, -0.15) is 9.97 Å². The monoisotopic (exact) mass is 254 g/mol. The average molecular weight is 254 g/mol. The molecule has 1 aromatic heterocycles. The number of hydrogen-bond donors (Lipinski definition) is 1. The van der Waals surface area contributed by atoms with Crippen LogP contribution >= 0.6 is 0 Å². The Morgan fingerprint density at radius 3 is 2.28 bits per heavy atom. The van der Waals surface area contributed by atoms with Gasteiger partial charge in [-0.05, 0) is 25.7 Å². The Hall–Kier alpha value is -1.33. The summed E-state index contributed by atoms with van der Waals surface area (Å²) in [4.78, 5) is 12.5. The van der Waals surface area contributed by atoms with Crippen LogP contribution in [-0.4, -0.2) is 20.9 Å². The van der Waals surface area contributed by atoms with E-state index in [1.54, 1.807) is 0 Å². The Kier molecular flexibility index (Phi) is 2.68. The van der Waals surface area contributed by atoms with Crippen LogP contribution in [0.4, 0.5) is 14.7 Å². The minimum Gasteiger partial charge on any atom is -0.368 e. The van der Waals surface area contributed by atoms with Crippen LogP contribution in [0.1, 0.15) is 62.0 Å². The Morgan fingerprint density at radius 2 is 1.67 bits per heavy atom. The number of nitrogen functional groups attached to an aromatic ring is 1. The molecule has 98 valence electrons. The first kappa shape index (κ1) is 11.7. The lowest BCUT2D eigenvalue weighted by Gasteiger charge is -2.27. The highest BCUT2D eigenvalue weighted by Crippen LogP contribution is 2.42. The van der Waals surface area contributed by atoms with E-state index >= 15 is 0 Å². The molecular weight excluding hydrogens is 238 g/mol. The lowest BCUT2D eigenvalue weighted by molar-refractivity contribution is -0.0417. The van der Waals surface area contributed by atoms with Gasteiger partial charge >= 0.3 is 0 Å². The number of anilines is 1. The first-order chi connectivity index (χ1) is 8.53. The zero-order chi connectivity index (χ0) is 12.8.